The Hall–Kier alpha value is -2.23. The predicted molar refractivity (Wildman–Crippen MR) is 75.4 cm³/mol. The average molecular weight is 289 g/mol. The third kappa shape index (κ3) is 3.66. The molecule has 0 aromatic heterocycles. The molecule has 21 heavy (non-hydrogen) atoms. The first-order chi connectivity index (χ1) is 10.0. The summed E-state index contributed by atoms with van der Waals surface area (Å²) in [5.74, 6) is 4.26. The number of imide groups is 1. The molecule has 5 nitrogen and oxygen atoms in total. The highest BCUT2D eigenvalue weighted by atomic mass is 19.1. The fourth-order valence-electron chi connectivity index (χ4n) is 2.09. The lowest BCUT2D eigenvalue weighted by Crippen LogP contribution is -2.56. The fraction of sp³-hybridized carbons (Fsp3) is 0.333. The first-order valence-corrected chi connectivity index (χ1v) is 6.56. The average Bonchev–Trinajstić information content (AvgIpc) is 2.44. The summed E-state index contributed by atoms with van der Waals surface area (Å²) in [6, 6.07) is 4.16. The molecule has 0 saturated carbocycles. The molecule has 1 aromatic carbocycles. The SMILES string of the molecule is CC1C(=O)NC(=O)CN1Cc1ccc(C#CCN)cc1F. The molecule has 0 radical (unpaired) electrons. The van der Waals surface area contributed by atoms with Crippen molar-refractivity contribution in [3.8, 4) is 11.8 Å². The molecule has 1 aliphatic heterocycles. The Morgan fingerprint density at radius 2 is 2.24 bits per heavy atom. The number of hydrogen-bond donors (Lipinski definition) is 2. The van der Waals surface area contributed by atoms with Crippen LogP contribution in [0.2, 0.25) is 0 Å². The second-order valence-electron chi connectivity index (χ2n) is 4.81. The van der Waals surface area contributed by atoms with Gasteiger partial charge in [-0.15, -0.1) is 0 Å². The van der Waals surface area contributed by atoms with E-state index >= 15 is 0 Å². The Morgan fingerprint density at radius 3 is 2.90 bits per heavy atom. The smallest absolute Gasteiger partial charge is 0.243 e. The molecule has 6 heteroatoms. The summed E-state index contributed by atoms with van der Waals surface area (Å²) in [6.07, 6.45) is 0. The van der Waals surface area contributed by atoms with Gasteiger partial charge in [-0.2, -0.15) is 0 Å². The van der Waals surface area contributed by atoms with Gasteiger partial charge in [-0.3, -0.25) is 19.8 Å². The summed E-state index contributed by atoms with van der Waals surface area (Å²) in [6.45, 7) is 2.16. The van der Waals surface area contributed by atoms with Gasteiger partial charge in [0.25, 0.3) is 0 Å². The van der Waals surface area contributed by atoms with Crippen LogP contribution in [0.1, 0.15) is 18.1 Å². The van der Waals surface area contributed by atoms with Crippen molar-refractivity contribution in [1.29, 1.82) is 0 Å². The highest BCUT2D eigenvalue weighted by Gasteiger charge is 2.30. The van der Waals surface area contributed by atoms with Gasteiger partial charge in [-0.05, 0) is 19.1 Å². The minimum Gasteiger partial charge on any atom is -0.320 e. The van der Waals surface area contributed by atoms with Gasteiger partial charge in [-0.25, -0.2) is 4.39 Å². The first-order valence-electron chi connectivity index (χ1n) is 6.56. The van der Waals surface area contributed by atoms with Crippen molar-refractivity contribution >= 4 is 11.8 Å². The van der Waals surface area contributed by atoms with Gasteiger partial charge in [0, 0.05) is 17.7 Å². The summed E-state index contributed by atoms with van der Waals surface area (Å²) < 4.78 is 14.0. The third-order valence-electron chi connectivity index (χ3n) is 3.30. The van der Waals surface area contributed by atoms with Gasteiger partial charge < -0.3 is 5.73 Å². The van der Waals surface area contributed by atoms with E-state index in [4.69, 9.17) is 5.73 Å². The van der Waals surface area contributed by atoms with E-state index in [1.807, 2.05) is 0 Å². The molecule has 1 heterocycles. The monoisotopic (exact) mass is 289 g/mol. The Kier molecular flexibility index (Phi) is 4.68. The van der Waals surface area contributed by atoms with Crippen LogP contribution in [0.4, 0.5) is 4.39 Å². The van der Waals surface area contributed by atoms with E-state index in [1.54, 1.807) is 24.0 Å². The number of benzene rings is 1. The molecule has 1 fully saturated rings. The molecule has 1 aromatic rings. The maximum Gasteiger partial charge on any atom is 0.243 e. The van der Waals surface area contributed by atoms with Crippen molar-refractivity contribution in [2.24, 2.45) is 5.73 Å². The lowest BCUT2D eigenvalue weighted by atomic mass is 10.1. The highest BCUT2D eigenvalue weighted by molar-refractivity contribution is 6.00. The molecule has 0 bridgehead atoms. The van der Waals surface area contributed by atoms with Crippen LogP contribution in [0.5, 0.6) is 0 Å². The van der Waals surface area contributed by atoms with Crippen LogP contribution in [0.25, 0.3) is 0 Å². The fourth-order valence-corrected chi connectivity index (χ4v) is 2.09. The van der Waals surface area contributed by atoms with E-state index in [9.17, 15) is 14.0 Å². The van der Waals surface area contributed by atoms with Crippen LogP contribution >= 0.6 is 0 Å². The zero-order chi connectivity index (χ0) is 15.4. The third-order valence-corrected chi connectivity index (χ3v) is 3.30. The van der Waals surface area contributed by atoms with Crippen molar-refractivity contribution in [3.05, 3.63) is 35.1 Å². The number of nitrogens with two attached hydrogens (primary N) is 1. The predicted octanol–water partition coefficient (Wildman–Crippen LogP) is -0.0172. The Labute approximate surface area is 122 Å². The molecular weight excluding hydrogens is 273 g/mol. The van der Waals surface area contributed by atoms with E-state index in [0.29, 0.717) is 11.1 Å². The number of nitrogens with one attached hydrogen (secondary N) is 1. The number of carbonyl (C=O) groups excluding carboxylic acids is 2. The normalized spacial score (nSPS) is 18.9. The van der Waals surface area contributed by atoms with Crippen molar-refractivity contribution in [2.75, 3.05) is 13.1 Å². The van der Waals surface area contributed by atoms with Crippen molar-refractivity contribution in [3.63, 3.8) is 0 Å². The quantitative estimate of drug-likeness (QED) is 0.593. The van der Waals surface area contributed by atoms with Gasteiger partial charge in [0.15, 0.2) is 0 Å². The minimum absolute atomic E-state index is 0.0705. The molecule has 0 aliphatic carbocycles. The van der Waals surface area contributed by atoms with Crippen LogP contribution in [0.15, 0.2) is 18.2 Å². The zero-order valence-electron chi connectivity index (χ0n) is 11.6. The Morgan fingerprint density at radius 1 is 1.48 bits per heavy atom. The minimum atomic E-state index is -0.473. The molecule has 3 N–H and O–H groups in total. The van der Waals surface area contributed by atoms with Crippen LogP contribution in [0.3, 0.4) is 0 Å². The Balaban J connectivity index is 2.15. The lowest BCUT2D eigenvalue weighted by Gasteiger charge is -2.31. The number of halogens is 1. The maximum atomic E-state index is 14.0. The molecular formula is C15H16FN3O2. The van der Waals surface area contributed by atoms with Crippen LogP contribution < -0.4 is 11.1 Å². The maximum absolute atomic E-state index is 14.0. The number of piperazine rings is 1. The zero-order valence-corrected chi connectivity index (χ0v) is 11.6. The van der Waals surface area contributed by atoms with Gasteiger partial charge in [-0.1, -0.05) is 17.9 Å². The van der Waals surface area contributed by atoms with E-state index in [2.05, 4.69) is 17.2 Å². The van der Waals surface area contributed by atoms with E-state index in [-0.39, 0.29) is 31.4 Å². The van der Waals surface area contributed by atoms with Gasteiger partial charge >= 0.3 is 0 Å². The number of hydrogen-bond acceptors (Lipinski definition) is 4. The van der Waals surface area contributed by atoms with E-state index < -0.39 is 11.9 Å². The van der Waals surface area contributed by atoms with Crippen LogP contribution in [0, 0.1) is 17.7 Å². The summed E-state index contributed by atoms with van der Waals surface area (Å²) in [5, 5.41) is 2.25. The molecule has 1 unspecified atom stereocenters. The molecule has 0 spiro atoms. The molecule has 1 aliphatic rings. The summed E-state index contributed by atoms with van der Waals surface area (Å²) in [4.78, 5) is 24.6. The number of amides is 2. The van der Waals surface area contributed by atoms with Gasteiger partial charge in [0.1, 0.15) is 5.82 Å². The molecule has 2 amide bonds. The first kappa shape index (κ1) is 15.2. The summed E-state index contributed by atoms with van der Waals surface area (Å²) in [7, 11) is 0. The van der Waals surface area contributed by atoms with Crippen molar-refractivity contribution < 1.29 is 14.0 Å². The van der Waals surface area contributed by atoms with Crippen molar-refractivity contribution in [1.82, 2.24) is 10.2 Å². The summed E-state index contributed by atoms with van der Waals surface area (Å²) >= 11 is 0. The second kappa shape index (κ2) is 6.48. The second-order valence-corrected chi connectivity index (χ2v) is 4.81. The number of carbonyl (C=O) groups is 2. The molecule has 1 saturated heterocycles. The molecule has 1 atom stereocenters. The summed E-state index contributed by atoms with van der Waals surface area (Å²) in [5.41, 5.74) is 6.23. The Bertz CT molecular complexity index is 634. The topological polar surface area (TPSA) is 75.4 Å². The van der Waals surface area contributed by atoms with Crippen molar-refractivity contribution in [2.45, 2.75) is 19.5 Å². The van der Waals surface area contributed by atoms with Gasteiger partial charge in [0.2, 0.25) is 11.8 Å². The standard InChI is InChI=1S/C15H16FN3O2/c1-10-15(21)18-14(20)9-19(10)8-12-5-4-11(3-2-6-17)7-13(12)16/h4-5,7,10H,6,8-9,17H2,1H3,(H,18,20,21). The van der Waals surface area contributed by atoms with Gasteiger partial charge in [0.05, 0.1) is 19.1 Å². The lowest BCUT2D eigenvalue weighted by molar-refractivity contribution is -0.139. The van der Waals surface area contributed by atoms with E-state index in [0.717, 1.165) is 0 Å². The van der Waals surface area contributed by atoms with Crippen LogP contribution in [-0.4, -0.2) is 35.8 Å². The number of nitrogens with zero attached hydrogens (tertiary/aromatic N) is 1. The molecule has 110 valence electrons. The van der Waals surface area contributed by atoms with E-state index in [1.165, 1.54) is 6.07 Å². The van der Waals surface area contributed by atoms with Crippen LogP contribution in [-0.2, 0) is 16.1 Å². The molecule has 2 rings (SSSR count). The highest BCUT2D eigenvalue weighted by Crippen LogP contribution is 2.15. The number of rotatable bonds is 2. The largest absolute Gasteiger partial charge is 0.320 e.